The second kappa shape index (κ2) is 4.91. The van der Waals surface area contributed by atoms with Gasteiger partial charge in [0.15, 0.2) is 0 Å². The number of hydrogen-bond donors (Lipinski definition) is 1. The van der Waals surface area contributed by atoms with Crippen molar-refractivity contribution in [1.29, 1.82) is 0 Å². The fourth-order valence-electron chi connectivity index (χ4n) is 1.48. The minimum absolute atomic E-state index is 0.345. The van der Waals surface area contributed by atoms with Crippen molar-refractivity contribution in [2.45, 2.75) is 33.6 Å². The Bertz CT molecular complexity index is 359. The summed E-state index contributed by atoms with van der Waals surface area (Å²) in [6, 6.07) is 3.31. The zero-order valence-electron chi connectivity index (χ0n) is 9.45. The predicted molar refractivity (Wildman–Crippen MR) is 59.1 cm³/mol. The molecule has 0 aliphatic heterocycles. The molecule has 0 atom stereocenters. The zero-order valence-corrected chi connectivity index (χ0v) is 9.45. The monoisotopic (exact) mass is 207 g/mol. The van der Waals surface area contributed by atoms with Crippen LogP contribution in [0.3, 0.4) is 0 Å². The van der Waals surface area contributed by atoms with Gasteiger partial charge in [-0.1, -0.05) is 20.8 Å². The molecule has 1 rings (SSSR count). The van der Waals surface area contributed by atoms with E-state index < -0.39 is 5.97 Å². The van der Waals surface area contributed by atoms with E-state index in [-0.39, 0.29) is 0 Å². The minimum Gasteiger partial charge on any atom is -0.478 e. The first-order valence-electron chi connectivity index (χ1n) is 5.26. The summed E-state index contributed by atoms with van der Waals surface area (Å²) in [5.74, 6) is -0.386. The smallest absolute Gasteiger partial charge is 0.335 e. The molecule has 0 saturated heterocycles. The van der Waals surface area contributed by atoms with Crippen LogP contribution < -0.4 is 0 Å². The number of carbonyl (C=O) groups is 1. The van der Waals surface area contributed by atoms with E-state index in [9.17, 15) is 4.79 Å². The molecule has 1 N–H and O–H groups in total. The van der Waals surface area contributed by atoms with E-state index in [1.54, 1.807) is 12.1 Å². The van der Waals surface area contributed by atoms with Crippen LogP contribution in [-0.4, -0.2) is 16.1 Å². The highest BCUT2D eigenvalue weighted by Crippen LogP contribution is 2.11. The van der Waals surface area contributed by atoms with E-state index >= 15 is 0 Å². The number of pyridine rings is 1. The first-order valence-corrected chi connectivity index (χ1v) is 5.26. The second-order valence-electron chi connectivity index (χ2n) is 4.10. The molecule has 0 aliphatic carbocycles. The Balaban J connectivity index is 3.05. The lowest BCUT2D eigenvalue weighted by Gasteiger charge is -2.07. The third kappa shape index (κ3) is 3.35. The summed E-state index contributed by atoms with van der Waals surface area (Å²) in [6.07, 6.45) is 1.60. The Hall–Kier alpha value is -1.38. The number of nitrogens with zero attached hydrogens (tertiary/aromatic N) is 1. The summed E-state index contributed by atoms with van der Waals surface area (Å²) in [7, 11) is 0. The SMILES string of the molecule is CCc1cc(C(=O)O)cc(CC(C)C)n1. The van der Waals surface area contributed by atoms with Crippen molar-refractivity contribution in [3.05, 3.63) is 29.1 Å². The van der Waals surface area contributed by atoms with Crippen LogP contribution in [-0.2, 0) is 12.8 Å². The van der Waals surface area contributed by atoms with Crippen LogP contribution in [0.25, 0.3) is 0 Å². The summed E-state index contributed by atoms with van der Waals surface area (Å²) in [5, 5.41) is 8.94. The molecule has 82 valence electrons. The van der Waals surface area contributed by atoms with Gasteiger partial charge in [-0.15, -0.1) is 0 Å². The standard InChI is InChI=1S/C12H17NO2/c1-4-10-6-9(12(14)15)7-11(13-10)5-8(2)3/h6-8H,4-5H2,1-3H3,(H,14,15). The van der Waals surface area contributed by atoms with Crippen LogP contribution in [0.15, 0.2) is 12.1 Å². The van der Waals surface area contributed by atoms with E-state index in [1.165, 1.54) is 0 Å². The molecule has 0 aromatic carbocycles. The number of carboxylic acids is 1. The largest absolute Gasteiger partial charge is 0.478 e. The third-order valence-corrected chi connectivity index (χ3v) is 2.16. The molecule has 0 unspecified atom stereocenters. The van der Waals surface area contributed by atoms with E-state index in [0.717, 1.165) is 24.2 Å². The predicted octanol–water partition coefficient (Wildman–Crippen LogP) is 2.54. The van der Waals surface area contributed by atoms with Crippen LogP contribution in [0.5, 0.6) is 0 Å². The van der Waals surface area contributed by atoms with Gasteiger partial charge in [0.1, 0.15) is 0 Å². The van der Waals surface area contributed by atoms with Gasteiger partial charge in [0, 0.05) is 11.4 Å². The van der Waals surface area contributed by atoms with Gasteiger partial charge < -0.3 is 5.11 Å². The molecule has 0 aliphatic rings. The molecule has 0 fully saturated rings. The normalized spacial score (nSPS) is 10.7. The number of carboxylic acid groups (broad SMARTS) is 1. The van der Waals surface area contributed by atoms with Crippen molar-refractivity contribution in [2.24, 2.45) is 5.92 Å². The van der Waals surface area contributed by atoms with Crippen molar-refractivity contribution >= 4 is 5.97 Å². The summed E-state index contributed by atoms with van der Waals surface area (Å²) in [4.78, 5) is 15.3. The fourth-order valence-corrected chi connectivity index (χ4v) is 1.48. The molecule has 15 heavy (non-hydrogen) atoms. The van der Waals surface area contributed by atoms with Crippen LogP contribution in [0, 0.1) is 5.92 Å². The minimum atomic E-state index is -0.878. The topological polar surface area (TPSA) is 50.2 Å². The molecule has 0 radical (unpaired) electrons. The maximum atomic E-state index is 10.9. The molecule has 0 saturated carbocycles. The highest BCUT2D eigenvalue weighted by molar-refractivity contribution is 5.87. The molecular weight excluding hydrogens is 190 g/mol. The van der Waals surface area contributed by atoms with E-state index in [2.05, 4.69) is 18.8 Å². The highest BCUT2D eigenvalue weighted by Gasteiger charge is 2.08. The summed E-state index contributed by atoms with van der Waals surface area (Å²) < 4.78 is 0. The van der Waals surface area contributed by atoms with E-state index in [1.807, 2.05) is 6.92 Å². The Morgan fingerprint density at radius 1 is 1.40 bits per heavy atom. The van der Waals surface area contributed by atoms with Gasteiger partial charge in [-0.3, -0.25) is 4.98 Å². The first kappa shape index (κ1) is 11.7. The molecule has 1 aromatic heterocycles. The summed E-state index contributed by atoms with van der Waals surface area (Å²) in [6.45, 7) is 6.18. The van der Waals surface area contributed by atoms with E-state index in [4.69, 9.17) is 5.11 Å². The lowest BCUT2D eigenvalue weighted by Crippen LogP contribution is -2.05. The lowest BCUT2D eigenvalue weighted by atomic mass is 10.0. The maximum Gasteiger partial charge on any atom is 0.335 e. The molecular formula is C12H17NO2. The van der Waals surface area contributed by atoms with Gasteiger partial charge in [0.25, 0.3) is 0 Å². The molecule has 1 heterocycles. The van der Waals surface area contributed by atoms with Gasteiger partial charge in [0.05, 0.1) is 5.56 Å². The molecule has 0 amide bonds. The van der Waals surface area contributed by atoms with Crippen molar-refractivity contribution in [2.75, 3.05) is 0 Å². The van der Waals surface area contributed by atoms with Crippen LogP contribution in [0.4, 0.5) is 0 Å². The van der Waals surface area contributed by atoms with Crippen molar-refractivity contribution < 1.29 is 9.90 Å². The average Bonchev–Trinajstić information content (AvgIpc) is 2.16. The number of rotatable bonds is 4. The van der Waals surface area contributed by atoms with Crippen molar-refractivity contribution in [3.63, 3.8) is 0 Å². The number of aromatic nitrogens is 1. The number of hydrogen-bond acceptors (Lipinski definition) is 2. The van der Waals surface area contributed by atoms with Crippen LogP contribution in [0.2, 0.25) is 0 Å². The summed E-state index contributed by atoms with van der Waals surface area (Å²) in [5.41, 5.74) is 2.07. The van der Waals surface area contributed by atoms with Gasteiger partial charge in [-0.25, -0.2) is 4.79 Å². The fraction of sp³-hybridized carbons (Fsp3) is 0.500. The highest BCUT2D eigenvalue weighted by atomic mass is 16.4. The molecule has 0 bridgehead atoms. The average molecular weight is 207 g/mol. The quantitative estimate of drug-likeness (QED) is 0.825. The lowest BCUT2D eigenvalue weighted by molar-refractivity contribution is 0.0696. The molecule has 0 spiro atoms. The van der Waals surface area contributed by atoms with Crippen LogP contribution >= 0.6 is 0 Å². The third-order valence-electron chi connectivity index (χ3n) is 2.16. The Morgan fingerprint density at radius 3 is 2.47 bits per heavy atom. The van der Waals surface area contributed by atoms with Crippen molar-refractivity contribution in [3.8, 4) is 0 Å². The summed E-state index contributed by atoms with van der Waals surface area (Å²) >= 11 is 0. The first-order chi connectivity index (χ1) is 7.02. The van der Waals surface area contributed by atoms with Gasteiger partial charge in [-0.2, -0.15) is 0 Å². The molecule has 1 aromatic rings. The maximum absolute atomic E-state index is 10.9. The molecule has 3 heteroatoms. The second-order valence-corrected chi connectivity index (χ2v) is 4.10. The van der Waals surface area contributed by atoms with Gasteiger partial charge in [0.2, 0.25) is 0 Å². The van der Waals surface area contributed by atoms with Gasteiger partial charge >= 0.3 is 5.97 Å². The van der Waals surface area contributed by atoms with Gasteiger partial charge in [-0.05, 0) is 30.9 Å². The Morgan fingerprint density at radius 2 is 2.00 bits per heavy atom. The van der Waals surface area contributed by atoms with Crippen LogP contribution in [0.1, 0.15) is 42.5 Å². The van der Waals surface area contributed by atoms with E-state index in [0.29, 0.717) is 11.5 Å². The Kier molecular flexibility index (Phi) is 3.83. The number of aromatic carboxylic acids is 1. The zero-order chi connectivity index (χ0) is 11.4. The number of aryl methyl sites for hydroxylation is 1. The van der Waals surface area contributed by atoms with Crippen molar-refractivity contribution in [1.82, 2.24) is 4.98 Å². The Labute approximate surface area is 90.2 Å². The molecule has 3 nitrogen and oxygen atoms in total.